The Kier molecular flexibility index (Phi) is 7.43. The average Bonchev–Trinajstić information content (AvgIpc) is 2.22. The Hall–Kier alpha value is -1.31. The van der Waals surface area contributed by atoms with Crippen LogP contribution in [0.1, 0.15) is 20.8 Å². The Balaban J connectivity index is 4.14. The van der Waals surface area contributed by atoms with Crippen LogP contribution in [0.15, 0.2) is 0 Å². The predicted octanol–water partition coefficient (Wildman–Crippen LogP) is 0.511. The zero-order chi connectivity index (χ0) is 15.1. The van der Waals surface area contributed by atoms with Crippen molar-refractivity contribution in [1.82, 2.24) is 15.5 Å². The summed E-state index contributed by atoms with van der Waals surface area (Å²) in [7, 11) is 0. The molecule has 0 saturated heterocycles. The van der Waals surface area contributed by atoms with E-state index < -0.39 is 25.2 Å². The highest BCUT2D eigenvalue weighted by Crippen LogP contribution is 2.11. The number of hydrogen-bond donors (Lipinski definition) is 2. The molecule has 0 rings (SSSR count). The lowest BCUT2D eigenvalue weighted by Gasteiger charge is -2.21. The number of rotatable bonds is 7. The molecule has 0 saturated carbocycles. The quantitative estimate of drug-likeness (QED) is 0.716. The maximum atomic E-state index is 11.9. The number of nitrogens with zero attached hydrogens (tertiary/aromatic N) is 1. The molecule has 2 N–H and O–H groups in total. The maximum Gasteiger partial charge on any atom is 0.401 e. The maximum absolute atomic E-state index is 11.9. The molecule has 0 aromatic heterocycles. The third kappa shape index (κ3) is 9.29. The van der Waals surface area contributed by atoms with Crippen LogP contribution in [0.4, 0.5) is 13.2 Å². The second-order valence-electron chi connectivity index (χ2n) is 4.35. The number of amides is 2. The predicted molar refractivity (Wildman–Crippen MR) is 64.5 cm³/mol. The molecule has 0 unspecified atom stereocenters. The van der Waals surface area contributed by atoms with E-state index in [1.54, 1.807) is 20.8 Å². The molecule has 0 spiro atoms. The summed E-state index contributed by atoms with van der Waals surface area (Å²) in [6.45, 7) is 3.65. The second-order valence-corrected chi connectivity index (χ2v) is 4.35. The molecule has 0 bridgehead atoms. The van der Waals surface area contributed by atoms with Gasteiger partial charge in [-0.15, -0.1) is 0 Å². The van der Waals surface area contributed by atoms with Crippen molar-refractivity contribution < 1.29 is 22.8 Å². The van der Waals surface area contributed by atoms with Crippen molar-refractivity contribution in [3.63, 3.8) is 0 Å². The fourth-order valence-corrected chi connectivity index (χ4v) is 1.34. The summed E-state index contributed by atoms with van der Waals surface area (Å²) in [5, 5.41) is 4.62. The van der Waals surface area contributed by atoms with E-state index in [1.807, 2.05) is 5.32 Å². The Morgan fingerprint density at radius 3 is 2.26 bits per heavy atom. The third-order valence-electron chi connectivity index (χ3n) is 2.12. The van der Waals surface area contributed by atoms with Gasteiger partial charge >= 0.3 is 6.18 Å². The fraction of sp³-hybridized carbons (Fsp3) is 0.818. The van der Waals surface area contributed by atoms with Crippen LogP contribution in [0.25, 0.3) is 0 Å². The first-order valence-corrected chi connectivity index (χ1v) is 6.00. The van der Waals surface area contributed by atoms with E-state index in [0.717, 1.165) is 0 Å². The first kappa shape index (κ1) is 17.7. The SMILES string of the molecule is CCN(CC(=O)NC(C)C)C(=O)CNCC(F)(F)F. The first-order chi connectivity index (χ1) is 8.65. The summed E-state index contributed by atoms with van der Waals surface area (Å²) in [4.78, 5) is 24.2. The summed E-state index contributed by atoms with van der Waals surface area (Å²) >= 11 is 0. The minimum absolute atomic E-state index is 0.0512. The van der Waals surface area contributed by atoms with Crippen LogP contribution in [-0.2, 0) is 9.59 Å². The lowest BCUT2D eigenvalue weighted by atomic mass is 10.3. The smallest absolute Gasteiger partial charge is 0.352 e. The van der Waals surface area contributed by atoms with Gasteiger partial charge in [-0.1, -0.05) is 0 Å². The van der Waals surface area contributed by atoms with Crippen molar-refractivity contribution in [2.24, 2.45) is 0 Å². The number of carbonyl (C=O) groups is 2. The van der Waals surface area contributed by atoms with Crippen molar-refractivity contribution in [1.29, 1.82) is 0 Å². The molecular formula is C11H20F3N3O2. The Morgan fingerprint density at radius 2 is 1.84 bits per heavy atom. The fourth-order valence-electron chi connectivity index (χ4n) is 1.34. The number of nitrogens with one attached hydrogen (secondary N) is 2. The van der Waals surface area contributed by atoms with Crippen molar-refractivity contribution >= 4 is 11.8 Å². The van der Waals surface area contributed by atoms with Gasteiger partial charge in [-0.3, -0.25) is 9.59 Å². The van der Waals surface area contributed by atoms with E-state index in [9.17, 15) is 22.8 Å². The largest absolute Gasteiger partial charge is 0.401 e. The second kappa shape index (κ2) is 7.98. The molecule has 0 heterocycles. The monoisotopic (exact) mass is 283 g/mol. The number of carbonyl (C=O) groups excluding carboxylic acids is 2. The summed E-state index contributed by atoms with van der Waals surface area (Å²) in [5.41, 5.74) is 0. The average molecular weight is 283 g/mol. The van der Waals surface area contributed by atoms with E-state index in [1.165, 1.54) is 4.90 Å². The normalized spacial score (nSPS) is 11.5. The zero-order valence-corrected chi connectivity index (χ0v) is 11.3. The van der Waals surface area contributed by atoms with Gasteiger partial charge in [0.15, 0.2) is 0 Å². The number of halogens is 3. The summed E-state index contributed by atoms with van der Waals surface area (Å²) in [6.07, 6.45) is -4.35. The Labute approximate surface area is 110 Å². The van der Waals surface area contributed by atoms with E-state index in [0.29, 0.717) is 0 Å². The lowest BCUT2D eigenvalue weighted by Crippen LogP contribution is -2.46. The van der Waals surface area contributed by atoms with Gasteiger partial charge in [-0.25, -0.2) is 0 Å². The van der Waals surface area contributed by atoms with E-state index in [-0.39, 0.29) is 25.0 Å². The topological polar surface area (TPSA) is 61.4 Å². The molecule has 112 valence electrons. The van der Waals surface area contributed by atoms with Gasteiger partial charge in [0.1, 0.15) is 0 Å². The standard InChI is InChI=1S/C11H20F3N3O2/c1-4-17(6-9(18)16-8(2)3)10(19)5-15-7-11(12,13)14/h8,15H,4-7H2,1-3H3,(H,16,18). The number of alkyl halides is 3. The minimum Gasteiger partial charge on any atom is -0.352 e. The third-order valence-corrected chi connectivity index (χ3v) is 2.12. The highest BCUT2D eigenvalue weighted by molar-refractivity contribution is 5.85. The van der Waals surface area contributed by atoms with Crippen LogP contribution >= 0.6 is 0 Å². The summed E-state index contributed by atoms with van der Waals surface area (Å²) in [6, 6.07) is -0.0512. The van der Waals surface area contributed by atoms with Crippen LogP contribution in [-0.4, -0.2) is 55.1 Å². The molecule has 0 fully saturated rings. The molecule has 0 aromatic carbocycles. The van der Waals surface area contributed by atoms with E-state index in [4.69, 9.17) is 0 Å². The Morgan fingerprint density at radius 1 is 1.26 bits per heavy atom. The Bertz CT molecular complexity index is 306. The number of likely N-dealkylation sites (N-methyl/N-ethyl adjacent to an activating group) is 1. The van der Waals surface area contributed by atoms with Crippen molar-refractivity contribution in [3.05, 3.63) is 0 Å². The van der Waals surface area contributed by atoms with E-state index >= 15 is 0 Å². The highest BCUT2D eigenvalue weighted by Gasteiger charge is 2.27. The van der Waals surface area contributed by atoms with Gasteiger partial charge in [0.05, 0.1) is 19.6 Å². The van der Waals surface area contributed by atoms with Crippen molar-refractivity contribution in [2.75, 3.05) is 26.2 Å². The molecule has 19 heavy (non-hydrogen) atoms. The summed E-state index contributed by atoms with van der Waals surface area (Å²) in [5.74, 6) is -0.869. The zero-order valence-electron chi connectivity index (χ0n) is 11.3. The molecule has 0 aliphatic heterocycles. The van der Waals surface area contributed by atoms with Gasteiger partial charge in [0, 0.05) is 12.6 Å². The molecule has 2 amide bonds. The molecule has 0 atom stereocenters. The van der Waals surface area contributed by atoms with Crippen LogP contribution in [0, 0.1) is 0 Å². The molecule has 0 aliphatic rings. The van der Waals surface area contributed by atoms with Gasteiger partial charge in [0.2, 0.25) is 11.8 Å². The van der Waals surface area contributed by atoms with Crippen molar-refractivity contribution in [2.45, 2.75) is 33.0 Å². The molecule has 8 heteroatoms. The molecular weight excluding hydrogens is 263 g/mol. The van der Waals surface area contributed by atoms with Crippen LogP contribution in [0.2, 0.25) is 0 Å². The highest BCUT2D eigenvalue weighted by atomic mass is 19.4. The summed E-state index contributed by atoms with van der Waals surface area (Å²) < 4.78 is 35.7. The molecule has 0 aromatic rings. The van der Waals surface area contributed by atoms with E-state index in [2.05, 4.69) is 5.32 Å². The molecule has 5 nitrogen and oxygen atoms in total. The van der Waals surface area contributed by atoms with Crippen LogP contribution in [0.3, 0.4) is 0 Å². The van der Waals surface area contributed by atoms with Gasteiger partial charge < -0.3 is 15.5 Å². The van der Waals surface area contributed by atoms with Crippen LogP contribution < -0.4 is 10.6 Å². The van der Waals surface area contributed by atoms with Gasteiger partial charge in [-0.2, -0.15) is 13.2 Å². The lowest BCUT2D eigenvalue weighted by molar-refractivity contribution is -0.137. The minimum atomic E-state index is -4.35. The van der Waals surface area contributed by atoms with Crippen LogP contribution in [0.5, 0.6) is 0 Å². The molecule has 0 radical (unpaired) electrons. The molecule has 0 aliphatic carbocycles. The van der Waals surface area contributed by atoms with Gasteiger partial charge in [-0.05, 0) is 20.8 Å². The van der Waals surface area contributed by atoms with Gasteiger partial charge in [0.25, 0.3) is 0 Å². The number of hydrogen-bond acceptors (Lipinski definition) is 3. The first-order valence-electron chi connectivity index (χ1n) is 6.00. The van der Waals surface area contributed by atoms with Crippen molar-refractivity contribution in [3.8, 4) is 0 Å².